The van der Waals surface area contributed by atoms with Gasteiger partial charge in [-0.25, -0.2) is 0 Å². The number of halogens is 4. The van der Waals surface area contributed by atoms with Gasteiger partial charge in [-0.05, 0) is 93.6 Å². The van der Waals surface area contributed by atoms with Crippen molar-refractivity contribution in [2.75, 3.05) is 109 Å². The molecule has 0 aliphatic carbocycles. The average Bonchev–Trinajstić information content (AvgIpc) is 3.19. The molecule has 2 fully saturated rings. The number of piperazine rings is 2. The van der Waals surface area contributed by atoms with Crippen molar-refractivity contribution in [3.63, 3.8) is 0 Å². The maximum atomic E-state index is 13.3. The van der Waals surface area contributed by atoms with Crippen LogP contribution in [-0.4, -0.2) is 123 Å². The fraction of sp³-hybridized carbons (Fsp3) is 0.429. The van der Waals surface area contributed by atoms with Gasteiger partial charge < -0.3 is 29.6 Å². The Morgan fingerprint density at radius 1 is 0.564 bits per heavy atom. The van der Waals surface area contributed by atoms with E-state index in [4.69, 9.17) is 16.7 Å². The molecule has 0 aromatic heterocycles. The summed E-state index contributed by atoms with van der Waals surface area (Å²) >= 11 is 9.66. The minimum absolute atomic E-state index is 0.258. The van der Waals surface area contributed by atoms with Crippen LogP contribution < -0.4 is 9.80 Å². The van der Waals surface area contributed by atoms with Crippen molar-refractivity contribution in [1.29, 1.82) is 0 Å². The van der Waals surface area contributed by atoms with Gasteiger partial charge in [0.1, 0.15) is 0 Å². The number of anilines is 4. The number of para-hydroxylation sites is 2. The van der Waals surface area contributed by atoms with Gasteiger partial charge in [-0.3, -0.25) is 4.90 Å². The Morgan fingerprint density at radius 2 is 1.02 bits per heavy atom. The lowest BCUT2D eigenvalue weighted by atomic mass is 10.1. The molecule has 55 heavy (non-hydrogen) atoms. The zero-order valence-corrected chi connectivity index (χ0v) is 33.7. The Morgan fingerprint density at radius 3 is 1.55 bits per heavy atom. The predicted octanol–water partition coefficient (Wildman–Crippen LogP) is 8.89. The summed E-state index contributed by atoms with van der Waals surface area (Å²) in [5.74, 6) is 0. The molecule has 8 rings (SSSR count). The maximum Gasteiger partial charge on any atom is 0.416 e. The Hall–Kier alpha value is -2.94. The third-order valence-corrected chi connectivity index (χ3v) is 13.2. The number of aliphatic hydroxyl groups excluding tert-OH is 1. The van der Waals surface area contributed by atoms with Crippen molar-refractivity contribution in [3.05, 3.63) is 95.5 Å². The lowest BCUT2D eigenvalue weighted by molar-refractivity contribution is -0.137. The molecule has 2 saturated heterocycles. The van der Waals surface area contributed by atoms with Crippen LogP contribution in [0.5, 0.6) is 0 Å². The van der Waals surface area contributed by atoms with Gasteiger partial charge >= 0.3 is 6.18 Å². The number of nitrogens with zero attached hydrogens (tertiary/aromatic N) is 6. The van der Waals surface area contributed by atoms with E-state index in [-0.39, 0.29) is 6.61 Å². The number of alkyl halides is 3. The Bertz CT molecular complexity index is 1890. The summed E-state index contributed by atoms with van der Waals surface area (Å²) in [4.78, 5) is 18.7. The molecule has 1 N–H and O–H groups in total. The van der Waals surface area contributed by atoms with Gasteiger partial charge in [0, 0.05) is 96.6 Å². The fourth-order valence-corrected chi connectivity index (χ4v) is 9.96. The summed E-state index contributed by atoms with van der Waals surface area (Å²) in [7, 11) is 2.13. The van der Waals surface area contributed by atoms with E-state index < -0.39 is 11.7 Å². The van der Waals surface area contributed by atoms with E-state index in [1.54, 1.807) is 17.8 Å². The standard InChI is InChI=1S/C21H26ClN3OS.C21H24F3N3S/c22-17-6-7-21-19(16-17)25(18-4-1-2-5-20(18)27-21)9-3-8-23-10-12-24(13-11-23)14-15-26;1-25-11-13-26(14-12-25)9-4-10-27-17-5-2-3-6-19(17)28-20-8-7-16(15-18(20)27)21(22,23)24/h1-2,4-7,16,26H,3,8-15H2;2-3,5-8,15H,4,9-14H2,1H3. The molecule has 13 heteroatoms. The number of rotatable bonds is 10. The molecule has 4 aromatic rings. The molecule has 0 radical (unpaired) electrons. The first-order valence-corrected chi connectivity index (χ1v) is 21.2. The Balaban J connectivity index is 0.000000169. The summed E-state index contributed by atoms with van der Waals surface area (Å²) in [5.41, 5.74) is 3.58. The zero-order chi connectivity index (χ0) is 38.4. The number of aliphatic hydroxyl groups is 1. The van der Waals surface area contributed by atoms with Crippen LogP contribution >= 0.6 is 35.1 Å². The molecule has 4 heterocycles. The van der Waals surface area contributed by atoms with E-state index >= 15 is 0 Å². The van der Waals surface area contributed by atoms with Gasteiger partial charge in [0.25, 0.3) is 0 Å². The maximum absolute atomic E-state index is 13.3. The molecule has 0 atom stereocenters. The van der Waals surface area contributed by atoms with Crippen molar-refractivity contribution in [2.45, 2.75) is 38.6 Å². The number of hydrogen-bond acceptors (Lipinski definition) is 9. The summed E-state index contributed by atoms with van der Waals surface area (Å²) in [6, 6.07) is 26.9. The topological polar surface area (TPSA) is 39.7 Å². The molecule has 0 spiro atoms. The van der Waals surface area contributed by atoms with Crippen LogP contribution in [0.25, 0.3) is 0 Å². The third-order valence-electron chi connectivity index (χ3n) is 10.7. The van der Waals surface area contributed by atoms with Crippen LogP contribution in [0.1, 0.15) is 18.4 Å². The summed E-state index contributed by atoms with van der Waals surface area (Å²) < 4.78 is 39.8. The molecule has 7 nitrogen and oxygen atoms in total. The SMILES string of the molecule is CN1CCN(CCCN2c3ccccc3Sc3ccc(C(F)(F)F)cc32)CC1.OCCN1CCN(CCCN2c3ccccc3Sc3ccc(Cl)cc32)CC1. The lowest BCUT2D eigenvalue weighted by Gasteiger charge is -2.36. The van der Waals surface area contributed by atoms with Crippen molar-refractivity contribution < 1.29 is 18.3 Å². The number of benzene rings is 4. The second-order valence-corrected chi connectivity index (χ2v) is 17.1. The van der Waals surface area contributed by atoms with Crippen molar-refractivity contribution in [3.8, 4) is 0 Å². The molecule has 294 valence electrons. The molecule has 4 aliphatic rings. The monoisotopic (exact) mass is 810 g/mol. The normalized spacial score (nSPS) is 17.9. The van der Waals surface area contributed by atoms with Gasteiger partial charge in [0.15, 0.2) is 0 Å². The first kappa shape index (κ1) is 40.3. The van der Waals surface area contributed by atoms with Gasteiger partial charge in [-0.2, -0.15) is 13.2 Å². The van der Waals surface area contributed by atoms with Crippen molar-refractivity contribution in [2.24, 2.45) is 0 Å². The number of fused-ring (bicyclic) bond motifs is 4. The van der Waals surface area contributed by atoms with Crippen molar-refractivity contribution >= 4 is 57.9 Å². The third kappa shape index (κ3) is 10.1. The number of β-amino-alcohol motifs (C(OH)–C–C–N with tert-alkyl or cyclic N) is 1. The van der Waals surface area contributed by atoms with Crippen LogP contribution in [-0.2, 0) is 6.18 Å². The molecular weight excluding hydrogens is 761 g/mol. The molecule has 4 aromatic carbocycles. The van der Waals surface area contributed by atoms with Gasteiger partial charge in [-0.1, -0.05) is 59.4 Å². The van der Waals surface area contributed by atoms with E-state index in [2.05, 4.69) is 72.8 Å². The summed E-state index contributed by atoms with van der Waals surface area (Å²) in [6.07, 6.45) is -2.30. The molecule has 0 saturated carbocycles. The molecular formula is C42H50ClF3N6OS2. The smallest absolute Gasteiger partial charge is 0.395 e. The first-order chi connectivity index (χ1) is 26.7. The largest absolute Gasteiger partial charge is 0.416 e. The molecule has 4 aliphatic heterocycles. The predicted molar refractivity (Wildman–Crippen MR) is 221 cm³/mol. The number of hydrogen-bond donors (Lipinski definition) is 1. The highest BCUT2D eigenvalue weighted by Crippen LogP contribution is 2.50. The van der Waals surface area contributed by atoms with E-state index in [1.807, 2.05) is 42.1 Å². The number of likely N-dealkylation sites (N-methyl/N-ethyl adjacent to an activating group) is 1. The summed E-state index contributed by atoms with van der Waals surface area (Å²) in [5, 5.41) is 9.87. The van der Waals surface area contributed by atoms with Crippen molar-refractivity contribution in [1.82, 2.24) is 19.6 Å². The first-order valence-electron chi connectivity index (χ1n) is 19.2. The lowest BCUT2D eigenvalue weighted by Crippen LogP contribution is -2.47. The van der Waals surface area contributed by atoms with Crippen LogP contribution in [0.15, 0.2) is 105 Å². The van der Waals surface area contributed by atoms with Crippen LogP contribution in [0.4, 0.5) is 35.9 Å². The quantitative estimate of drug-likeness (QED) is 0.169. The molecule has 0 amide bonds. The van der Waals surface area contributed by atoms with Gasteiger partial charge in [-0.15, -0.1) is 0 Å². The molecule has 0 bridgehead atoms. The highest BCUT2D eigenvalue weighted by molar-refractivity contribution is 8.00. The molecule has 0 unspecified atom stereocenters. The van der Waals surface area contributed by atoms with Gasteiger partial charge in [0.05, 0.1) is 34.9 Å². The zero-order valence-electron chi connectivity index (χ0n) is 31.4. The Kier molecular flexibility index (Phi) is 13.6. The minimum atomic E-state index is -4.33. The highest BCUT2D eigenvalue weighted by atomic mass is 35.5. The van der Waals surface area contributed by atoms with Crippen LogP contribution in [0.3, 0.4) is 0 Å². The summed E-state index contributed by atoms with van der Waals surface area (Å²) in [6.45, 7) is 13.4. The minimum Gasteiger partial charge on any atom is -0.395 e. The van der Waals surface area contributed by atoms with E-state index in [0.717, 1.165) is 112 Å². The average molecular weight is 811 g/mol. The van der Waals surface area contributed by atoms with E-state index in [0.29, 0.717) is 12.2 Å². The highest BCUT2D eigenvalue weighted by Gasteiger charge is 2.33. The Labute approximate surface area is 337 Å². The van der Waals surface area contributed by atoms with E-state index in [9.17, 15) is 13.2 Å². The van der Waals surface area contributed by atoms with Crippen LogP contribution in [0, 0.1) is 0 Å². The second kappa shape index (κ2) is 18.5. The second-order valence-electron chi connectivity index (χ2n) is 14.5. The fourth-order valence-electron chi connectivity index (χ4n) is 7.64. The van der Waals surface area contributed by atoms with Gasteiger partial charge in [0.2, 0.25) is 0 Å². The van der Waals surface area contributed by atoms with Crippen LogP contribution in [0.2, 0.25) is 5.02 Å². The van der Waals surface area contributed by atoms with E-state index in [1.165, 1.54) is 33.3 Å².